The molecule has 0 spiro atoms. The zero-order valence-corrected chi connectivity index (χ0v) is 10.3. The first kappa shape index (κ1) is 13.2. The molecular weight excluding hydrogens is 216 g/mol. The van der Waals surface area contributed by atoms with E-state index in [1.54, 1.807) is 6.20 Å². The van der Waals surface area contributed by atoms with Crippen molar-refractivity contribution in [2.45, 2.75) is 20.3 Å². The minimum absolute atomic E-state index is 0.00105. The van der Waals surface area contributed by atoms with Gasteiger partial charge >= 0.3 is 0 Å². The number of aromatic nitrogens is 1. The highest BCUT2D eigenvalue weighted by Gasteiger charge is 1.92. The van der Waals surface area contributed by atoms with Crippen molar-refractivity contribution in [1.29, 1.82) is 0 Å². The van der Waals surface area contributed by atoms with E-state index in [0.29, 0.717) is 19.0 Å². The van der Waals surface area contributed by atoms with Gasteiger partial charge in [-0.05, 0) is 25.0 Å². The smallest absolute Gasteiger partial charge is 0.216 e. The van der Waals surface area contributed by atoms with E-state index in [2.05, 4.69) is 10.3 Å². The molecule has 4 nitrogen and oxygen atoms in total. The van der Waals surface area contributed by atoms with Crippen LogP contribution < -0.4 is 10.1 Å². The predicted octanol–water partition coefficient (Wildman–Crippen LogP) is 2.02. The number of pyridine rings is 1. The summed E-state index contributed by atoms with van der Waals surface area (Å²) in [5, 5.41) is 2.73. The number of hydrogen-bond acceptors (Lipinski definition) is 3. The zero-order valence-electron chi connectivity index (χ0n) is 10.3. The lowest BCUT2D eigenvalue weighted by molar-refractivity contribution is -0.118. The lowest BCUT2D eigenvalue weighted by atomic mass is 10.2. The molecule has 0 saturated carbocycles. The molecule has 1 aromatic rings. The molecule has 0 unspecified atom stereocenters. The molecule has 0 radical (unpaired) electrons. The Morgan fingerprint density at radius 3 is 2.94 bits per heavy atom. The van der Waals surface area contributed by atoms with Crippen LogP contribution in [0.1, 0.15) is 25.8 Å². The first-order chi connectivity index (χ1) is 8.22. The Labute approximate surface area is 102 Å². The highest BCUT2D eigenvalue weighted by molar-refractivity contribution is 5.72. The highest BCUT2D eigenvalue weighted by atomic mass is 16.5. The van der Waals surface area contributed by atoms with E-state index in [9.17, 15) is 4.79 Å². The third-order valence-corrected chi connectivity index (χ3v) is 2.05. The molecule has 0 bridgehead atoms. The number of rotatable bonds is 6. The molecular formula is C13H18N2O2. The SMILES string of the molecule is CCOc1ccc(C=CCCNC(C)=O)cn1. The average Bonchev–Trinajstić information content (AvgIpc) is 2.31. The zero-order chi connectivity index (χ0) is 12.5. The van der Waals surface area contributed by atoms with Gasteiger partial charge in [0.1, 0.15) is 0 Å². The van der Waals surface area contributed by atoms with E-state index in [0.717, 1.165) is 12.0 Å². The Morgan fingerprint density at radius 1 is 1.53 bits per heavy atom. The number of ether oxygens (including phenoxy) is 1. The molecule has 0 aromatic carbocycles. The summed E-state index contributed by atoms with van der Waals surface area (Å²) in [6.07, 6.45) is 6.56. The molecule has 0 aliphatic rings. The van der Waals surface area contributed by atoms with Crippen molar-refractivity contribution in [1.82, 2.24) is 10.3 Å². The van der Waals surface area contributed by atoms with Crippen LogP contribution in [0.5, 0.6) is 5.88 Å². The maximum atomic E-state index is 10.6. The minimum atomic E-state index is 0.00105. The number of nitrogens with zero attached hydrogens (tertiary/aromatic N) is 1. The fraction of sp³-hybridized carbons (Fsp3) is 0.385. The van der Waals surface area contributed by atoms with Gasteiger partial charge in [0.15, 0.2) is 0 Å². The van der Waals surface area contributed by atoms with E-state index in [4.69, 9.17) is 4.74 Å². The van der Waals surface area contributed by atoms with Crippen molar-refractivity contribution < 1.29 is 9.53 Å². The van der Waals surface area contributed by atoms with Gasteiger partial charge in [0.05, 0.1) is 6.61 Å². The Kier molecular flexibility index (Phi) is 5.79. The summed E-state index contributed by atoms with van der Waals surface area (Å²) < 4.78 is 5.25. The molecule has 17 heavy (non-hydrogen) atoms. The molecule has 0 aliphatic heterocycles. The lowest BCUT2D eigenvalue weighted by Gasteiger charge is -2.01. The molecule has 0 saturated heterocycles. The number of hydrogen-bond donors (Lipinski definition) is 1. The quantitative estimate of drug-likeness (QED) is 0.766. The second kappa shape index (κ2) is 7.44. The summed E-state index contributed by atoms with van der Waals surface area (Å²) in [5.74, 6) is 0.643. The third kappa shape index (κ3) is 5.70. The maximum Gasteiger partial charge on any atom is 0.216 e. The summed E-state index contributed by atoms with van der Waals surface area (Å²) in [4.78, 5) is 14.8. The molecule has 1 N–H and O–H groups in total. The van der Waals surface area contributed by atoms with E-state index >= 15 is 0 Å². The van der Waals surface area contributed by atoms with Crippen LogP contribution in [0.2, 0.25) is 0 Å². The first-order valence-corrected chi connectivity index (χ1v) is 5.72. The first-order valence-electron chi connectivity index (χ1n) is 5.72. The molecule has 1 aromatic heterocycles. The monoisotopic (exact) mass is 234 g/mol. The standard InChI is InChI=1S/C13H18N2O2/c1-3-17-13-8-7-12(10-15-13)6-4-5-9-14-11(2)16/h4,6-8,10H,3,5,9H2,1-2H3,(H,14,16). The van der Waals surface area contributed by atoms with Crippen molar-refractivity contribution in [3.8, 4) is 5.88 Å². The van der Waals surface area contributed by atoms with E-state index in [1.807, 2.05) is 31.2 Å². The fourth-order valence-corrected chi connectivity index (χ4v) is 1.27. The van der Waals surface area contributed by atoms with Gasteiger partial charge in [-0.2, -0.15) is 0 Å². The minimum Gasteiger partial charge on any atom is -0.478 e. The molecule has 92 valence electrons. The summed E-state index contributed by atoms with van der Waals surface area (Å²) in [7, 11) is 0. The van der Waals surface area contributed by atoms with Crippen molar-refractivity contribution >= 4 is 12.0 Å². The largest absolute Gasteiger partial charge is 0.478 e. The third-order valence-electron chi connectivity index (χ3n) is 2.05. The van der Waals surface area contributed by atoms with Gasteiger partial charge in [-0.25, -0.2) is 4.98 Å². The topological polar surface area (TPSA) is 51.2 Å². The molecule has 1 amide bonds. The Hall–Kier alpha value is -1.84. The van der Waals surface area contributed by atoms with E-state index < -0.39 is 0 Å². The summed E-state index contributed by atoms with van der Waals surface area (Å²) in [6, 6.07) is 3.80. The van der Waals surface area contributed by atoms with Crippen LogP contribution >= 0.6 is 0 Å². The summed E-state index contributed by atoms with van der Waals surface area (Å²) >= 11 is 0. The van der Waals surface area contributed by atoms with Crippen molar-refractivity contribution in [2.75, 3.05) is 13.2 Å². The van der Waals surface area contributed by atoms with Gasteiger partial charge in [-0.3, -0.25) is 4.79 Å². The van der Waals surface area contributed by atoms with Gasteiger partial charge in [-0.15, -0.1) is 0 Å². The van der Waals surface area contributed by atoms with Gasteiger partial charge in [0, 0.05) is 25.7 Å². The van der Waals surface area contributed by atoms with Crippen LogP contribution in [-0.4, -0.2) is 24.0 Å². The summed E-state index contributed by atoms with van der Waals surface area (Å²) in [5.41, 5.74) is 1.02. The van der Waals surface area contributed by atoms with Crippen LogP contribution in [0.4, 0.5) is 0 Å². The number of amides is 1. The molecule has 1 heterocycles. The van der Waals surface area contributed by atoms with Crippen molar-refractivity contribution in [2.24, 2.45) is 0 Å². The number of carbonyl (C=O) groups excluding carboxylic acids is 1. The summed E-state index contributed by atoms with van der Waals surface area (Å²) in [6.45, 7) is 4.73. The second-order valence-corrected chi connectivity index (χ2v) is 3.54. The maximum absolute atomic E-state index is 10.6. The van der Waals surface area contributed by atoms with Crippen molar-refractivity contribution in [3.63, 3.8) is 0 Å². The van der Waals surface area contributed by atoms with Crippen molar-refractivity contribution in [3.05, 3.63) is 30.0 Å². The van der Waals surface area contributed by atoms with E-state index in [1.165, 1.54) is 6.92 Å². The van der Waals surface area contributed by atoms with Crippen LogP contribution in [0, 0.1) is 0 Å². The van der Waals surface area contributed by atoms with Crippen LogP contribution in [0.25, 0.3) is 6.08 Å². The highest BCUT2D eigenvalue weighted by Crippen LogP contribution is 2.08. The van der Waals surface area contributed by atoms with Gasteiger partial charge in [0.25, 0.3) is 0 Å². The average molecular weight is 234 g/mol. The Morgan fingerprint density at radius 2 is 2.35 bits per heavy atom. The van der Waals surface area contributed by atoms with Gasteiger partial charge in [-0.1, -0.05) is 12.2 Å². The second-order valence-electron chi connectivity index (χ2n) is 3.54. The Bertz CT molecular complexity index is 372. The molecule has 1 rings (SSSR count). The molecule has 0 atom stereocenters. The predicted molar refractivity (Wildman–Crippen MR) is 67.7 cm³/mol. The normalized spacial score (nSPS) is 10.5. The van der Waals surface area contributed by atoms with Gasteiger partial charge < -0.3 is 10.1 Å². The van der Waals surface area contributed by atoms with Crippen LogP contribution in [-0.2, 0) is 4.79 Å². The fourth-order valence-electron chi connectivity index (χ4n) is 1.27. The number of nitrogens with one attached hydrogen (secondary N) is 1. The Balaban J connectivity index is 2.35. The van der Waals surface area contributed by atoms with Crippen LogP contribution in [0.3, 0.4) is 0 Å². The van der Waals surface area contributed by atoms with Gasteiger partial charge in [0.2, 0.25) is 11.8 Å². The molecule has 0 fully saturated rings. The molecule has 0 aliphatic carbocycles. The molecule has 4 heteroatoms. The lowest BCUT2D eigenvalue weighted by Crippen LogP contribution is -2.20. The van der Waals surface area contributed by atoms with E-state index in [-0.39, 0.29) is 5.91 Å². The number of carbonyl (C=O) groups is 1. The van der Waals surface area contributed by atoms with Crippen LogP contribution in [0.15, 0.2) is 24.4 Å².